The molecule has 4 N–H and O–H groups in total. The lowest BCUT2D eigenvalue weighted by Crippen LogP contribution is -2.15. The third-order valence-electron chi connectivity index (χ3n) is 2.36. The number of aryl methyl sites for hydroxylation is 1. The van der Waals surface area contributed by atoms with E-state index in [0.717, 1.165) is 0 Å². The van der Waals surface area contributed by atoms with Gasteiger partial charge in [0.1, 0.15) is 11.0 Å². The lowest BCUT2D eigenvalue weighted by atomic mass is 10.2. The second kappa shape index (κ2) is 5.41. The van der Waals surface area contributed by atoms with Gasteiger partial charge in [-0.3, -0.25) is 9.89 Å². The lowest BCUT2D eigenvalue weighted by molar-refractivity contribution is 0.102. The van der Waals surface area contributed by atoms with Crippen molar-refractivity contribution in [2.45, 2.75) is 13.3 Å². The summed E-state index contributed by atoms with van der Waals surface area (Å²) in [6.07, 6.45) is 0.650. The first-order valence-electron chi connectivity index (χ1n) is 5.35. The van der Waals surface area contributed by atoms with E-state index in [-0.39, 0.29) is 21.9 Å². The first-order valence-corrected chi connectivity index (χ1v) is 6.11. The van der Waals surface area contributed by atoms with Gasteiger partial charge in [0, 0.05) is 6.07 Å². The van der Waals surface area contributed by atoms with Gasteiger partial charge >= 0.3 is 0 Å². The Morgan fingerprint density at radius 2 is 2.21 bits per heavy atom. The number of nitrogens with zero attached hydrogens (tertiary/aromatic N) is 3. The summed E-state index contributed by atoms with van der Waals surface area (Å²) >= 11 is 11.3. The molecular weight excluding hydrogens is 291 g/mol. The van der Waals surface area contributed by atoms with Gasteiger partial charge in [0.15, 0.2) is 5.69 Å². The number of nitrogens with two attached hydrogens (primary N) is 1. The number of H-pyrrole nitrogens is 1. The summed E-state index contributed by atoms with van der Waals surface area (Å²) in [6, 6.07) is 1.37. The number of hydrogen-bond acceptors (Lipinski definition) is 5. The second-order valence-electron chi connectivity index (χ2n) is 3.62. The predicted molar refractivity (Wildman–Crippen MR) is 72.4 cm³/mol. The highest BCUT2D eigenvalue weighted by Gasteiger charge is 2.17. The van der Waals surface area contributed by atoms with E-state index in [9.17, 15) is 4.79 Å². The van der Waals surface area contributed by atoms with Gasteiger partial charge in [0.2, 0.25) is 5.28 Å². The minimum absolute atomic E-state index is 0.0629. The quantitative estimate of drug-likeness (QED) is 0.592. The standard InChI is InChI=1S/C10H10Cl2N6O/c1-2-4-7(13)8(18-17-4)9(19)15-6-3-5(11)14-10(12)16-6/h3H,2,13H2,1H3,(H,17,18)(H,14,15,16,19). The third kappa shape index (κ3) is 2.94. The number of amides is 1. The van der Waals surface area contributed by atoms with Gasteiger partial charge < -0.3 is 11.1 Å². The Bertz CT molecular complexity index is 606. The fourth-order valence-corrected chi connectivity index (χ4v) is 1.87. The molecule has 2 rings (SSSR count). The van der Waals surface area contributed by atoms with Crippen molar-refractivity contribution in [1.29, 1.82) is 0 Å². The normalized spacial score (nSPS) is 10.5. The number of aromatic amines is 1. The van der Waals surface area contributed by atoms with Gasteiger partial charge in [-0.15, -0.1) is 0 Å². The van der Waals surface area contributed by atoms with E-state index in [4.69, 9.17) is 28.9 Å². The Morgan fingerprint density at radius 1 is 1.47 bits per heavy atom. The van der Waals surface area contributed by atoms with Gasteiger partial charge in [0.25, 0.3) is 5.91 Å². The van der Waals surface area contributed by atoms with Crippen molar-refractivity contribution >= 4 is 40.6 Å². The van der Waals surface area contributed by atoms with Crippen molar-refractivity contribution < 1.29 is 4.79 Å². The van der Waals surface area contributed by atoms with Gasteiger partial charge in [0.05, 0.1) is 11.4 Å². The average molecular weight is 301 g/mol. The zero-order chi connectivity index (χ0) is 14.0. The molecule has 2 heterocycles. The number of carbonyl (C=O) groups is 1. The molecule has 2 aromatic heterocycles. The minimum atomic E-state index is -0.501. The van der Waals surface area contributed by atoms with Crippen LogP contribution in [0.5, 0.6) is 0 Å². The van der Waals surface area contributed by atoms with Gasteiger partial charge in [-0.25, -0.2) is 9.97 Å². The summed E-state index contributed by atoms with van der Waals surface area (Å²) in [5.74, 6) is -0.324. The maximum Gasteiger partial charge on any atom is 0.279 e. The molecule has 0 aliphatic rings. The number of nitrogens with one attached hydrogen (secondary N) is 2. The summed E-state index contributed by atoms with van der Waals surface area (Å²) in [5, 5.41) is 9.11. The molecule has 7 nitrogen and oxygen atoms in total. The fraction of sp³-hybridized carbons (Fsp3) is 0.200. The molecule has 19 heavy (non-hydrogen) atoms. The second-order valence-corrected chi connectivity index (χ2v) is 4.34. The van der Waals surface area contributed by atoms with Crippen LogP contribution in [0.1, 0.15) is 23.1 Å². The van der Waals surface area contributed by atoms with Crippen LogP contribution in [0.15, 0.2) is 6.07 Å². The fourth-order valence-electron chi connectivity index (χ4n) is 1.46. The summed E-state index contributed by atoms with van der Waals surface area (Å²) in [4.78, 5) is 19.5. The molecule has 0 spiro atoms. The predicted octanol–water partition coefficient (Wildman–Crippen LogP) is 1.90. The van der Waals surface area contributed by atoms with E-state index in [0.29, 0.717) is 17.8 Å². The first kappa shape index (κ1) is 13.6. The van der Waals surface area contributed by atoms with Crippen LogP contribution in [-0.4, -0.2) is 26.1 Å². The molecule has 0 aliphatic carbocycles. The monoisotopic (exact) mass is 300 g/mol. The number of aromatic nitrogens is 4. The molecule has 0 aliphatic heterocycles. The van der Waals surface area contributed by atoms with Crippen molar-refractivity contribution in [2.24, 2.45) is 0 Å². The van der Waals surface area contributed by atoms with Gasteiger partial charge in [-0.2, -0.15) is 5.10 Å². The van der Waals surface area contributed by atoms with Crippen molar-refractivity contribution in [3.05, 3.63) is 27.9 Å². The lowest BCUT2D eigenvalue weighted by Gasteiger charge is -2.03. The molecule has 0 saturated carbocycles. The Kier molecular flexibility index (Phi) is 3.87. The van der Waals surface area contributed by atoms with E-state index >= 15 is 0 Å². The van der Waals surface area contributed by atoms with Gasteiger partial charge in [-0.1, -0.05) is 18.5 Å². The maximum atomic E-state index is 12.0. The molecule has 0 fully saturated rings. The maximum absolute atomic E-state index is 12.0. The van der Waals surface area contributed by atoms with E-state index < -0.39 is 5.91 Å². The smallest absolute Gasteiger partial charge is 0.279 e. The van der Waals surface area contributed by atoms with Crippen LogP contribution in [0.2, 0.25) is 10.4 Å². The van der Waals surface area contributed by atoms with Crippen molar-refractivity contribution in [3.63, 3.8) is 0 Å². The molecule has 9 heteroatoms. The summed E-state index contributed by atoms with van der Waals surface area (Å²) in [6.45, 7) is 1.90. The molecule has 0 bridgehead atoms. The van der Waals surface area contributed by atoms with E-state index in [1.807, 2.05) is 6.92 Å². The Morgan fingerprint density at radius 3 is 2.79 bits per heavy atom. The highest BCUT2D eigenvalue weighted by Crippen LogP contribution is 2.18. The summed E-state index contributed by atoms with van der Waals surface area (Å²) in [7, 11) is 0. The molecule has 0 aromatic carbocycles. The Hall–Kier alpha value is -1.86. The number of hydrogen-bond donors (Lipinski definition) is 3. The first-order chi connectivity index (χ1) is 9.01. The van der Waals surface area contributed by atoms with Crippen LogP contribution < -0.4 is 11.1 Å². The number of anilines is 2. The number of nitrogen functional groups attached to an aromatic ring is 1. The Labute approximate surface area is 118 Å². The highest BCUT2D eigenvalue weighted by atomic mass is 35.5. The van der Waals surface area contributed by atoms with Crippen LogP contribution in [0.3, 0.4) is 0 Å². The molecule has 0 saturated heterocycles. The van der Waals surface area contributed by atoms with Crippen LogP contribution in [-0.2, 0) is 6.42 Å². The van der Waals surface area contributed by atoms with Crippen molar-refractivity contribution in [2.75, 3.05) is 11.1 Å². The molecule has 1 amide bonds. The third-order valence-corrected chi connectivity index (χ3v) is 2.72. The zero-order valence-corrected chi connectivity index (χ0v) is 11.4. The van der Waals surface area contributed by atoms with Crippen LogP contribution in [0, 0.1) is 0 Å². The molecule has 100 valence electrons. The van der Waals surface area contributed by atoms with Crippen LogP contribution in [0.4, 0.5) is 11.5 Å². The molecule has 2 aromatic rings. The number of halogens is 2. The Balaban J connectivity index is 2.23. The van der Waals surface area contributed by atoms with Crippen LogP contribution in [0.25, 0.3) is 0 Å². The van der Waals surface area contributed by atoms with Crippen molar-refractivity contribution in [3.8, 4) is 0 Å². The molecule has 0 unspecified atom stereocenters. The highest BCUT2D eigenvalue weighted by molar-refractivity contribution is 6.32. The molecule has 0 radical (unpaired) electrons. The number of carbonyl (C=O) groups excluding carboxylic acids is 1. The zero-order valence-electron chi connectivity index (χ0n) is 9.87. The van der Waals surface area contributed by atoms with E-state index in [2.05, 4.69) is 25.5 Å². The van der Waals surface area contributed by atoms with Gasteiger partial charge in [-0.05, 0) is 18.0 Å². The SMILES string of the molecule is CCc1[nH]nc(C(=O)Nc2cc(Cl)nc(Cl)n2)c1N. The minimum Gasteiger partial charge on any atom is -0.395 e. The molecular formula is C10H10Cl2N6O. The topological polar surface area (TPSA) is 110 Å². The largest absolute Gasteiger partial charge is 0.395 e. The summed E-state index contributed by atoms with van der Waals surface area (Å²) in [5.41, 5.74) is 6.90. The number of rotatable bonds is 3. The summed E-state index contributed by atoms with van der Waals surface area (Å²) < 4.78 is 0. The average Bonchev–Trinajstić information content (AvgIpc) is 2.68. The van der Waals surface area contributed by atoms with Crippen molar-refractivity contribution in [1.82, 2.24) is 20.2 Å². The van der Waals surface area contributed by atoms with E-state index in [1.54, 1.807) is 0 Å². The van der Waals surface area contributed by atoms with E-state index in [1.165, 1.54) is 6.07 Å². The van der Waals surface area contributed by atoms with Crippen LogP contribution >= 0.6 is 23.2 Å². The molecule has 0 atom stereocenters.